The average Bonchev–Trinajstić information content (AvgIpc) is 3.73. The minimum absolute atomic E-state index is 0.899. The van der Waals surface area contributed by atoms with Crippen LogP contribution in [0.1, 0.15) is 0 Å². The van der Waals surface area contributed by atoms with Gasteiger partial charge in [0.15, 0.2) is 0 Å². The van der Waals surface area contributed by atoms with Crippen LogP contribution in [0.5, 0.6) is 0 Å². The fourth-order valence-electron chi connectivity index (χ4n) is 8.46. The summed E-state index contributed by atoms with van der Waals surface area (Å²) in [5, 5.41) is 2.54. The van der Waals surface area contributed by atoms with Gasteiger partial charge in [-0.05, 0) is 116 Å². The molecule has 2 aromatic heterocycles. The lowest BCUT2D eigenvalue weighted by molar-refractivity contribution is 1.18. The third-order valence-electron chi connectivity index (χ3n) is 11.6. The molecule has 0 fully saturated rings. The molecular weight excluding hydrogens is 757 g/mol. The zero-order chi connectivity index (χ0) is 40.5. The topological polar surface area (TPSA) is 25.8 Å². The molecule has 0 amide bonds. The van der Waals surface area contributed by atoms with Crippen LogP contribution < -0.4 is 0 Å². The quantitative estimate of drug-likeness (QED) is 0.153. The van der Waals surface area contributed by atoms with Crippen LogP contribution in [-0.2, 0) is 0 Å². The SMILES string of the molecule is c1ccc(-c2cccc(-c3ccc4sc5c(-c6cccc(-c7cccc(-c8cc(-c9ccccc9)ncn8)c7)c6)cc(-c6cccc(-c7ccccc7)c6)cc5c4c3)c2)cc1. The Bertz CT molecular complexity index is 3350. The van der Waals surface area contributed by atoms with Gasteiger partial charge in [-0.3, -0.25) is 0 Å². The lowest BCUT2D eigenvalue weighted by Gasteiger charge is -2.12. The van der Waals surface area contributed by atoms with Crippen molar-refractivity contribution in [3.8, 4) is 89.3 Å². The van der Waals surface area contributed by atoms with Crippen LogP contribution in [0.3, 0.4) is 0 Å². The predicted molar refractivity (Wildman–Crippen MR) is 258 cm³/mol. The monoisotopic (exact) mass is 794 g/mol. The molecule has 0 saturated carbocycles. The van der Waals surface area contributed by atoms with Crippen LogP contribution >= 0.6 is 11.3 Å². The molecule has 9 aromatic carbocycles. The van der Waals surface area contributed by atoms with E-state index in [1.807, 2.05) is 29.5 Å². The standard InChI is InChI=1S/C58H38N2S/c1-4-14-39(15-5-1)42-20-10-22-44(30-42)48-28-29-57-53(34-48)54-36-51(47-25-11-21-43(31-47)40-16-6-2-7-17-40)35-52(58(54)61-57)49-26-12-23-45(32-49)46-24-13-27-50(33-46)56-37-55(59-38-60-56)41-18-8-3-9-19-41/h1-38H. The van der Waals surface area contributed by atoms with E-state index >= 15 is 0 Å². The number of fused-ring (bicyclic) bond motifs is 3. The van der Waals surface area contributed by atoms with Gasteiger partial charge in [0, 0.05) is 36.9 Å². The molecule has 11 rings (SSSR count). The Balaban J connectivity index is 1.04. The van der Waals surface area contributed by atoms with Crippen molar-refractivity contribution in [1.29, 1.82) is 0 Å². The molecular formula is C58H38N2S. The number of benzene rings is 9. The largest absolute Gasteiger partial charge is 0.236 e. The third kappa shape index (κ3) is 7.22. The highest BCUT2D eigenvalue weighted by Crippen LogP contribution is 2.45. The van der Waals surface area contributed by atoms with E-state index in [4.69, 9.17) is 0 Å². The highest BCUT2D eigenvalue weighted by atomic mass is 32.1. The van der Waals surface area contributed by atoms with E-state index in [2.05, 4.69) is 216 Å². The second-order valence-electron chi connectivity index (χ2n) is 15.4. The second kappa shape index (κ2) is 15.8. The molecule has 0 unspecified atom stereocenters. The van der Waals surface area contributed by atoms with E-state index < -0.39 is 0 Å². The molecule has 0 atom stereocenters. The Labute approximate surface area is 359 Å². The zero-order valence-corrected chi connectivity index (χ0v) is 34.1. The van der Waals surface area contributed by atoms with E-state index in [0.29, 0.717) is 0 Å². The molecule has 11 aromatic rings. The van der Waals surface area contributed by atoms with E-state index in [-0.39, 0.29) is 0 Å². The normalized spacial score (nSPS) is 11.3. The van der Waals surface area contributed by atoms with Crippen LogP contribution in [0.4, 0.5) is 0 Å². The summed E-state index contributed by atoms with van der Waals surface area (Å²) in [5.41, 5.74) is 18.3. The lowest BCUT2D eigenvalue weighted by Crippen LogP contribution is -1.90. The molecule has 3 heteroatoms. The predicted octanol–water partition coefficient (Wildman–Crippen LogP) is 16.2. The Morgan fingerprint density at radius 2 is 0.672 bits per heavy atom. The Morgan fingerprint density at radius 1 is 0.262 bits per heavy atom. The first-order valence-corrected chi connectivity index (χ1v) is 21.4. The molecule has 0 aliphatic heterocycles. The fraction of sp³-hybridized carbons (Fsp3) is 0. The van der Waals surface area contributed by atoms with E-state index in [1.165, 1.54) is 75.8 Å². The summed E-state index contributed by atoms with van der Waals surface area (Å²) >= 11 is 1.88. The molecule has 0 saturated heterocycles. The Hall–Kier alpha value is -7.72. The number of rotatable bonds is 8. The van der Waals surface area contributed by atoms with Crippen LogP contribution in [0, 0.1) is 0 Å². The van der Waals surface area contributed by atoms with Gasteiger partial charge in [0.1, 0.15) is 6.33 Å². The van der Waals surface area contributed by atoms with Gasteiger partial charge < -0.3 is 0 Å². The van der Waals surface area contributed by atoms with Gasteiger partial charge in [0.05, 0.1) is 11.4 Å². The Morgan fingerprint density at radius 3 is 1.26 bits per heavy atom. The number of hydrogen-bond acceptors (Lipinski definition) is 3. The zero-order valence-electron chi connectivity index (χ0n) is 33.2. The van der Waals surface area contributed by atoms with Crippen molar-refractivity contribution in [2.75, 3.05) is 0 Å². The Kier molecular flexibility index (Phi) is 9.42. The molecule has 61 heavy (non-hydrogen) atoms. The third-order valence-corrected chi connectivity index (χ3v) is 12.8. The average molecular weight is 795 g/mol. The lowest BCUT2D eigenvalue weighted by atomic mass is 9.92. The number of hydrogen-bond donors (Lipinski definition) is 0. The minimum atomic E-state index is 0.899. The van der Waals surface area contributed by atoms with Gasteiger partial charge in [-0.25, -0.2) is 9.97 Å². The van der Waals surface area contributed by atoms with Gasteiger partial charge in [-0.15, -0.1) is 11.3 Å². The van der Waals surface area contributed by atoms with Gasteiger partial charge in [-0.1, -0.05) is 170 Å². The van der Waals surface area contributed by atoms with Gasteiger partial charge in [0.25, 0.3) is 0 Å². The summed E-state index contributed by atoms with van der Waals surface area (Å²) in [6.45, 7) is 0. The maximum Gasteiger partial charge on any atom is 0.116 e. The van der Waals surface area contributed by atoms with Crippen LogP contribution in [0.2, 0.25) is 0 Å². The summed E-state index contributed by atoms with van der Waals surface area (Å²) in [7, 11) is 0. The number of aromatic nitrogens is 2. The van der Waals surface area contributed by atoms with Crippen molar-refractivity contribution < 1.29 is 0 Å². The summed E-state index contributed by atoms with van der Waals surface area (Å²) in [6, 6.07) is 80.9. The number of thiophene rings is 1. The van der Waals surface area contributed by atoms with E-state index in [0.717, 1.165) is 33.6 Å². The van der Waals surface area contributed by atoms with Crippen molar-refractivity contribution in [2.24, 2.45) is 0 Å². The fourth-order valence-corrected chi connectivity index (χ4v) is 9.66. The van der Waals surface area contributed by atoms with Crippen LogP contribution in [0.25, 0.3) is 109 Å². The maximum absolute atomic E-state index is 4.69. The second-order valence-corrected chi connectivity index (χ2v) is 16.5. The summed E-state index contributed by atoms with van der Waals surface area (Å²) in [6.07, 6.45) is 1.66. The number of nitrogens with zero attached hydrogens (tertiary/aromatic N) is 2. The molecule has 2 nitrogen and oxygen atoms in total. The summed E-state index contributed by atoms with van der Waals surface area (Å²) < 4.78 is 2.56. The molecule has 0 aliphatic rings. The minimum Gasteiger partial charge on any atom is -0.236 e. The van der Waals surface area contributed by atoms with Crippen molar-refractivity contribution in [3.05, 3.63) is 231 Å². The molecule has 0 radical (unpaired) electrons. The molecule has 286 valence electrons. The molecule has 0 spiro atoms. The first-order valence-electron chi connectivity index (χ1n) is 20.6. The van der Waals surface area contributed by atoms with E-state index in [1.54, 1.807) is 6.33 Å². The van der Waals surface area contributed by atoms with Crippen molar-refractivity contribution >= 4 is 31.5 Å². The smallest absolute Gasteiger partial charge is 0.116 e. The van der Waals surface area contributed by atoms with E-state index in [9.17, 15) is 0 Å². The summed E-state index contributed by atoms with van der Waals surface area (Å²) in [4.78, 5) is 9.26. The van der Waals surface area contributed by atoms with Crippen molar-refractivity contribution in [3.63, 3.8) is 0 Å². The molecule has 2 heterocycles. The van der Waals surface area contributed by atoms with Gasteiger partial charge >= 0.3 is 0 Å². The van der Waals surface area contributed by atoms with Gasteiger partial charge in [-0.2, -0.15) is 0 Å². The maximum atomic E-state index is 4.69. The van der Waals surface area contributed by atoms with Gasteiger partial charge in [0.2, 0.25) is 0 Å². The highest BCUT2D eigenvalue weighted by molar-refractivity contribution is 7.26. The summed E-state index contributed by atoms with van der Waals surface area (Å²) in [5.74, 6) is 0. The molecule has 0 bridgehead atoms. The molecule has 0 N–H and O–H groups in total. The highest BCUT2D eigenvalue weighted by Gasteiger charge is 2.16. The first kappa shape index (κ1) is 36.4. The van der Waals surface area contributed by atoms with Crippen molar-refractivity contribution in [2.45, 2.75) is 0 Å². The van der Waals surface area contributed by atoms with Crippen molar-refractivity contribution in [1.82, 2.24) is 9.97 Å². The molecule has 0 aliphatic carbocycles. The van der Waals surface area contributed by atoms with Crippen LogP contribution in [-0.4, -0.2) is 9.97 Å². The first-order chi connectivity index (χ1) is 30.2. The van der Waals surface area contributed by atoms with Crippen LogP contribution in [0.15, 0.2) is 231 Å².